The summed E-state index contributed by atoms with van der Waals surface area (Å²) in [5.74, 6) is 1.37. The number of nitrogens with one attached hydrogen (secondary N) is 3. The SMILES string of the molecule is C=C1C(=O)C(Nc2cccc3c2C(=O)NC3)=C1N[C@H](CC)c1ccc(C)o1. The molecule has 0 radical (unpaired) electrons. The second-order valence-corrected chi connectivity index (χ2v) is 6.76. The molecule has 6 nitrogen and oxygen atoms in total. The van der Waals surface area contributed by atoms with E-state index in [4.69, 9.17) is 4.42 Å². The molecule has 1 amide bonds. The molecular formula is C21H21N3O3. The van der Waals surface area contributed by atoms with E-state index in [9.17, 15) is 9.59 Å². The van der Waals surface area contributed by atoms with Gasteiger partial charge < -0.3 is 20.4 Å². The van der Waals surface area contributed by atoms with Crippen molar-refractivity contribution in [2.24, 2.45) is 0 Å². The Bertz CT molecular complexity index is 1000. The lowest BCUT2D eigenvalue weighted by atomic mass is 9.91. The Morgan fingerprint density at radius 3 is 2.74 bits per heavy atom. The first-order valence-electron chi connectivity index (χ1n) is 8.97. The van der Waals surface area contributed by atoms with Crippen LogP contribution in [0.4, 0.5) is 5.69 Å². The van der Waals surface area contributed by atoms with Gasteiger partial charge in [0.15, 0.2) is 0 Å². The highest BCUT2D eigenvalue weighted by atomic mass is 16.3. The van der Waals surface area contributed by atoms with Crippen LogP contribution in [0.3, 0.4) is 0 Å². The Hall–Kier alpha value is -3.28. The van der Waals surface area contributed by atoms with Crippen molar-refractivity contribution in [2.45, 2.75) is 32.9 Å². The summed E-state index contributed by atoms with van der Waals surface area (Å²) >= 11 is 0. The molecule has 1 aromatic carbocycles. The fourth-order valence-electron chi connectivity index (χ4n) is 3.45. The van der Waals surface area contributed by atoms with Crippen LogP contribution in [-0.2, 0) is 11.3 Å². The predicted molar refractivity (Wildman–Crippen MR) is 102 cm³/mol. The maximum absolute atomic E-state index is 12.4. The summed E-state index contributed by atoms with van der Waals surface area (Å²) < 4.78 is 5.72. The Kier molecular flexibility index (Phi) is 4.11. The Balaban J connectivity index is 1.64. The van der Waals surface area contributed by atoms with E-state index in [-0.39, 0.29) is 17.7 Å². The fraction of sp³-hybridized carbons (Fsp3) is 0.238. The van der Waals surface area contributed by atoms with Gasteiger partial charge >= 0.3 is 0 Å². The quantitative estimate of drug-likeness (QED) is 0.686. The molecule has 0 saturated heterocycles. The molecule has 1 aromatic heterocycles. The monoisotopic (exact) mass is 363 g/mol. The molecule has 0 bridgehead atoms. The highest BCUT2D eigenvalue weighted by Gasteiger charge is 2.35. The van der Waals surface area contributed by atoms with Crippen molar-refractivity contribution < 1.29 is 14.0 Å². The molecule has 1 aliphatic heterocycles. The number of carbonyl (C=O) groups excluding carboxylic acids is 2. The van der Waals surface area contributed by atoms with E-state index in [1.165, 1.54) is 0 Å². The molecule has 2 aliphatic rings. The molecule has 0 fully saturated rings. The third-order valence-electron chi connectivity index (χ3n) is 4.96. The lowest BCUT2D eigenvalue weighted by Gasteiger charge is -2.30. The Morgan fingerprint density at radius 2 is 2.04 bits per heavy atom. The second kappa shape index (κ2) is 6.46. The number of furan rings is 1. The van der Waals surface area contributed by atoms with Crippen molar-refractivity contribution in [1.29, 1.82) is 0 Å². The first kappa shape index (κ1) is 17.1. The first-order chi connectivity index (χ1) is 13.0. The van der Waals surface area contributed by atoms with E-state index in [1.807, 2.05) is 38.1 Å². The van der Waals surface area contributed by atoms with Gasteiger partial charge in [0.25, 0.3) is 5.91 Å². The van der Waals surface area contributed by atoms with Crippen molar-refractivity contribution in [3.8, 4) is 0 Å². The van der Waals surface area contributed by atoms with Gasteiger partial charge in [0.05, 0.1) is 23.0 Å². The molecule has 3 N–H and O–H groups in total. The summed E-state index contributed by atoms with van der Waals surface area (Å²) in [7, 11) is 0. The molecule has 0 spiro atoms. The summed E-state index contributed by atoms with van der Waals surface area (Å²) in [5.41, 5.74) is 3.65. The average molecular weight is 363 g/mol. The molecule has 1 aliphatic carbocycles. The largest absolute Gasteiger partial charge is 0.464 e. The van der Waals surface area contributed by atoms with Crippen molar-refractivity contribution in [3.05, 3.63) is 76.5 Å². The summed E-state index contributed by atoms with van der Waals surface area (Å²) in [6.45, 7) is 8.31. The second-order valence-electron chi connectivity index (χ2n) is 6.76. The molecule has 2 aromatic rings. The number of Topliss-reactive ketones (excluding diaryl/α,β-unsaturated/α-hetero) is 1. The normalized spacial score (nSPS) is 16.7. The van der Waals surface area contributed by atoms with Gasteiger partial charge in [0.2, 0.25) is 5.78 Å². The Morgan fingerprint density at radius 1 is 1.22 bits per heavy atom. The number of amides is 1. The van der Waals surface area contributed by atoms with E-state index in [1.54, 1.807) is 6.07 Å². The summed E-state index contributed by atoms with van der Waals surface area (Å²) in [6.07, 6.45) is 0.786. The summed E-state index contributed by atoms with van der Waals surface area (Å²) in [6, 6.07) is 9.35. The molecule has 0 saturated carbocycles. The van der Waals surface area contributed by atoms with Gasteiger partial charge in [-0.25, -0.2) is 0 Å². The minimum Gasteiger partial charge on any atom is -0.464 e. The van der Waals surface area contributed by atoms with Crippen LogP contribution in [0.1, 0.15) is 46.8 Å². The van der Waals surface area contributed by atoms with Crippen LogP contribution in [-0.4, -0.2) is 11.7 Å². The third-order valence-corrected chi connectivity index (χ3v) is 4.96. The smallest absolute Gasteiger partial charge is 0.254 e. The van der Waals surface area contributed by atoms with Crippen LogP contribution in [0, 0.1) is 6.92 Å². The molecule has 138 valence electrons. The van der Waals surface area contributed by atoms with Crippen LogP contribution in [0.15, 0.2) is 58.3 Å². The van der Waals surface area contributed by atoms with Gasteiger partial charge in [-0.15, -0.1) is 0 Å². The maximum atomic E-state index is 12.4. The molecule has 6 heteroatoms. The van der Waals surface area contributed by atoms with E-state index in [2.05, 4.69) is 22.5 Å². The topological polar surface area (TPSA) is 83.4 Å². The van der Waals surface area contributed by atoms with Crippen molar-refractivity contribution >= 4 is 17.4 Å². The third kappa shape index (κ3) is 2.83. The van der Waals surface area contributed by atoms with Gasteiger partial charge in [0, 0.05) is 12.1 Å². The number of hydrogen-bond acceptors (Lipinski definition) is 5. The van der Waals surface area contributed by atoms with Crippen molar-refractivity contribution in [2.75, 3.05) is 5.32 Å². The molecule has 0 unspecified atom stereocenters. The summed E-state index contributed by atoms with van der Waals surface area (Å²) in [5, 5.41) is 9.31. The Labute approximate surface area is 157 Å². The zero-order valence-corrected chi connectivity index (χ0v) is 15.3. The number of carbonyl (C=O) groups is 2. The maximum Gasteiger partial charge on any atom is 0.254 e. The van der Waals surface area contributed by atoms with Gasteiger partial charge in [0.1, 0.15) is 17.2 Å². The number of aryl methyl sites for hydroxylation is 1. The van der Waals surface area contributed by atoms with Crippen molar-refractivity contribution in [1.82, 2.24) is 10.6 Å². The van der Waals surface area contributed by atoms with Gasteiger partial charge in [-0.05, 0) is 37.1 Å². The number of hydrogen-bond donors (Lipinski definition) is 3. The van der Waals surface area contributed by atoms with Crippen LogP contribution < -0.4 is 16.0 Å². The number of rotatable bonds is 6. The molecule has 4 rings (SSSR count). The zero-order chi connectivity index (χ0) is 19.1. The number of allylic oxidation sites excluding steroid dienone is 2. The minimum atomic E-state index is -0.154. The van der Waals surface area contributed by atoms with E-state index >= 15 is 0 Å². The lowest BCUT2D eigenvalue weighted by Crippen LogP contribution is -2.36. The van der Waals surface area contributed by atoms with Gasteiger partial charge in [-0.2, -0.15) is 0 Å². The number of fused-ring (bicyclic) bond motifs is 1. The average Bonchev–Trinajstić information content (AvgIpc) is 3.27. The van der Waals surface area contributed by atoms with E-state index in [0.29, 0.717) is 34.8 Å². The number of ketones is 1. The highest BCUT2D eigenvalue weighted by Crippen LogP contribution is 2.34. The minimum absolute atomic E-state index is 0.0693. The lowest BCUT2D eigenvalue weighted by molar-refractivity contribution is -0.113. The first-order valence-corrected chi connectivity index (χ1v) is 8.97. The van der Waals surface area contributed by atoms with Gasteiger partial charge in [-0.1, -0.05) is 25.6 Å². The fourth-order valence-corrected chi connectivity index (χ4v) is 3.45. The van der Waals surface area contributed by atoms with Crippen LogP contribution in [0.2, 0.25) is 0 Å². The van der Waals surface area contributed by atoms with Crippen LogP contribution >= 0.6 is 0 Å². The highest BCUT2D eigenvalue weighted by molar-refractivity contribution is 6.21. The van der Waals surface area contributed by atoms with Crippen LogP contribution in [0.25, 0.3) is 0 Å². The molecule has 1 atom stereocenters. The van der Waals surface area contributed by atoms with Crippen LogP contribution in [0.5, 0.6) is 0 Å². The number of anilines is 1. The predicted octanol–water partition coefficient (Wildman–Crippen LogP) is 3.33. The van der Waals surface area contributed by atoms with E-state index < -0.39 is 0 Å². The number of benzene rings is 1. The molecule has 2 heterocycles. The summed E-state index contributed by atoms with van der Waals surface area (Å²) in [4.78, 5) is 24.5. The molecule has 27 heavy (non-hydrogen) atoms. The molecular weight excluding hydrogens is 342 g/mol. The van der Waals surface area contributed by atoms with Gasteiger partial charge in [-0.3, -0.25) is 9.59 Å². The standard InChI is InChI=1S/C21H21N3O3/c1-4-14(16-9-8-11(2)27-16)23-18-12(3)20(25)19(18)24-15-7-5-6-13-10-22-21(26)17(13)15/h5-9,14,23-24H,3-4,10H2,1-2H3,(H,22,26)/t14-/m1/s1. The van der Waals surface area contributed by atoms with Crippen molar-refractivity contribution in [3.63, 3.8) is 0 Å². The zero-order valence-electron chi connectivity index (χ0n) is 15.3. The van der Waals surface area contributed by atoms with E-state index in [0.717, 1.165) is 23.5 Å².